The normalized spacial score (nSPS) is 10.6. The third kappa shape index (κ3) is 3.79. The summed E-state index contributed by atoms with van der Waals surface area (Å²) in [4.78, 5) is 26.3. The van der Waals surface area contributed by atoms with Crippen molar-refractivity contribution < 1.29 is 9.13 Å². The summed E-state index contributed by atoms with van der Waals surface area (Å²) in [6, 6.07) is 5.84. The molecule has 0 fully saturated rings. The van der Waals surface area contributed by atoms with Gasteiger partial charge in [-0.15, -0.1) is 0 Å². The van der Waals surface area contributed by atoms with E-state index in [2.05, 4.69) is 0 Å². The van der Waals surface area contributed by atoms with Gasteiger partial charge < -0.3 is 9.64 Å². The predicted molar refractivity (Wildman–Crippen MR) is 96.0 cm³/mol. The summed E-state index contributed by atoms with van der Waals surface area (Å²) in [5, 5.41) is 9.67. The fourth-order valence-corrected chi connectivity index (χ4v) is 2.85. The zero-order valence-electron chi connectivity index (χ0n) is 14.6. The highest BCUT2D eigenvalue weighted by atomic mass is 35.5. The molecule has 1 aromatic heterocycles. The SMILES string of the molecule is COCCN(Cc1ccc(F)cc1Cl)c1c(C#N)c(=O)n(C)c(=O)n1C. The van der Waals surface area contributed by atoms with Gasteiger partial charge in [-0.3, -0.25) is 13.9 Å². The molecule has 2 aromatic rings. The van der Waals surface area contributed by atoms with E-state index in [0.717, 1.165) is 4.57 Å². The molecule has 138 valence electrons. The fraction of sp³-hybridized carbons (Fsp3) is 0.353. The molecule has 0 aliphatic heterocycles. The van der Waals surface area contributed by atoms with E-state index in [0.29, 0.717) is 12.1 Å². The number of nitrogens with zero attached hydrogens (tertiary/aromatic N) is 4. The number of halogens is 2. The highest BCUT2D eigenvalue weighted by molar-refractivity contribution is 6.31. The summed E-state index contributed by atoms with van der Waals surface area (Å²) in [6.07, 6.45) is 0. The van der Waals surface area contributed by atoms with Crippen molar-refractivity contribution in [2.24, 2.45) is 14.1 Å². The number of hydrogen-bond acceptors (Lipinski definition) is 5. The highest BCUT2D eigenvalue weighted by Gasteiger charge is 2.22. The lowest BCUT2D eigenvalue weighted by Gasteiger charge is -2.27. The molecule has 0 aliphatic carbocycles. The van der Waals surface area contributed by atoms with Gasteiger partial charge >= 0.3 is 5.69 Å². The quantitative estimate of drug-likeness (QED) is 0.756. The number of rotatable bonds is 6. The van der Waals surface area contributed by atoms with Gasteiger partial charge in [0, 0.05) is 39.3 Å². The van der Waals surface area contributed by atoms with Crippen LogP contribution in [-0.2, 0) is 25.4 Å². The summed E-state index contributed by atoms with van der Waals surface area (Å²) >= 11 is 6.10. The first-order valence-electron chi connectivity index (χ1n) is 7.69. The second kappa shape index (κ2) is 8.17. The van der Waals surface area contributed by atoms with Crippen LogP contribution in [0.3, 0.4) is 0 Å². The molecule has 0 aliphatic rings. The minimum Gasteiger partial charge on any atom is -0.383 e. The number of anilines is 1. The Balaban J connectivity index is 2.63. The van der Waals surface area contributed by atoms with Crippen molar-refractivity contribution in [2.45, 2.75) is 6.54 Å². The van der Waals surface area contributed by atoms with Crippen molar-refractivity contribution in [2.75, 3.05) is 25.2 Å². The van der Waals surface area contributed by atoms with Crippen LogP contribution in [0.25, 0.3) is 0 Å². The topological polar surface area (TPSA) is 80.3 Å². The Bertz CT molecular complexity index is 978. The number of nitriles is 1. The molecule has 7 nitrogen and oxygen atoms in total. The van der Waals surface area contributed by atoms with Crippen molar-refractivity contribution in [3.05, 3.63) is 61.0 Å². The molecular weight excluding hydrogens is 363 g/mol. The molecule has 26 heavy (non-hydrogen) atoms. The molecule has 0 atom stereocenters. The Hall–Kier alpha value is -2.63. The van der Waals surface area contributed by atoms with Crippen molar-refractivity contribution >= 4 is 17.4 Å². The minimum atomic E-state index is -0.682. The number of methoxy groups -OCH3 is 1. The molecule has 0 N–H and O–H groups in total. The van der Waals surface area contributed by atoms with Crippen molar-refractivity contribution in [3.63, 3.8) is 0 Å². The molecule has 0 bridgehead atoms. The van der Waals surface area contributed by atoms with Gasteiger partial charge in [-0.1, -0.05) is 17.7 Å². The standard InChI is InChI=1S/C17H18ClFN4O3/c1-21-15(13(9-20)16(24)22(2)17(21)25)23(6-7-26-3)10-11-4-5-12(19)8-14(11)18/h4-5,8H,6-7,10H2,1-3H3. The van der Waals surface area contributed by atoms with Gasteiger partial charge in [0.2, 0.25) is 0 Å². The van der Waals surface area contributed by atoms with E-state index in [1.54, 1.807) is 4.90 Å². The monoisotopic (exact) mass is 380 g/mol. The molecule has 9 heteroatoms. The molecule has 0 unspecified atom stereocenters. The smallest absolute Gasteiger partial charge is 0.332 e. The molecule has 0 radical (unpaired) electrons. The van der Waals surface area contributed by atoms with Crippen LogP contribution < -0.4 is 16.1 Å². The third-order valence-corrected chi connectivity index (χ3v) is 4.34. The number of aromatic nitrogens is 2. The van der Waals surface area contributed by atoms with Crippen molar-refractivity contribution in [1.29, 1.82) is 5.26 Å². The Labute approximate surface area is 154 Å². The van der Waals surface area contributed by atoms with E-state index in [-0.39, 0.29) is 29.6 Å². The molecule has 2 rings (SSSR count). The Morgan fingerprint density at radius 2 is 2.00 bits per heavy atom. The van der Waals surface area contributed by atoms with Gasteiger partial charge in [-0.2, -0.15) is 5.26 Å². The third-order valence-electron chi connectivity index (χ3n) is 3.99. The molecule has 0 amide bonds. The van der Waals surface area contributed by atoms with Gasteiger partial charge in [0.25, 0.3) is 5.56 Å². The van der Waals surface area contributed by atoms with Gasteiger partial charge in [0.15, 0.2) is 5.56 Å². The highest BCUT2D eigenvalue weighted by Crippen LogP contribution is 2.23. The first-order chi connectivity index (χ1) is 12.3. The van der Waals surface area contributed by atoms with Crippen LogP contribution in [0, 0.1) is 17.1 Å². The largest absolute Gasteiger partial charge is 0.383 e. The van der Waals surface area contributed by atoms with E-state index < -0.39 is 17.1 Å². The van der Waals surface area contributed by atoms with Gasteiger partial charge in [0.1, 0.15) is 17.7 Å². The zero-order valence-corrected chi connectivity index (χ0v) is 15.4. The number of hydrogen-bond donors (Lipinski definition) is 0. The van der Waals surface area contributed by atoms with Gasteiger partial charge in [0.05, 0.1) is 6.61 Å². The average Bonchev–Trinajstić information content (AvgIpc) is 2.61. The summed E-state index contributed by atoms with van der Waals surface area (Å²) in [5.41, 5.74) is -0.819. The van der Waals surface area contributed by atoms with Gasteiger partial charge in [-0.25, -0.2) is 9.18 Å². The Morgan fingerprint density at radius 3 is 2.58 bits per heavy atom. The first-order valence-corrected chi connectivity index (χ1v) is 8.07. The van der Waals surface area contributed by atoms with E-state index in [9.17, 15) is 19.2 Å². The lowest BCUT2D eigenvalue weighted by molar-refractivity contribution is 0.204. The average molecular weight is 381 g/mol. The lowest BCUT2D eigenvalue weighted by atomic mass is 10.2. The van der Waals surface area contributed by atoms with E-state index in [4.69, 9.17) is 16.3 Å². The van der Waals surface area contributed by atoms with Crippen LogP contribution in [0.4, 0.5) is 10.2 Å². The van der Waals surface area contributed by atoms with Crippen molar-refractivity contribution in [3.8, 4) is 6.07 Å². The summed E-state index contributed by atoms with van der Waals surface area (Å²) in [5.74, 6) is -0.307. The van der Waals surface area contributed by atoms with Crippen LogP contribution in [0.2, 0.25) is 5.02 Å². The van der Waals surface area contributed by atoms with E-state index >= 15 is 0 Å². The molecule has 1 aromatic carbocycles. The van der Waals surface area contributed by atoms with Gasteiger partial charge in [-0.05, 0) is 17.7 Å². The lowest BCUT2D eigenvalue weighted by Crippen LogP contribution is -2.43. The second-order valence-corrected chi connectivity index (χ2v) is 6.07. The zero-order chi connectivity index (χ0) is 19.4. The van der Waals surface area contributed by atoms with Crippen molar-refractivity contribution in [1.82, 2.24) is 9.13 Å². The van der Waals surface area contributed by atoms with E-state index in [1.807, 2.05) is 6.07 Å². The Morgan fingerprint density at radius 1 is 1.31 bits per heavy atom. The van der Waals surface area contributed by atoms with Crippen LogP contribution in [0.5, 0.6) is 0 Å². The maximum Gasteiger partial charge on any atom is 0.332 e. The number of benzene rings is 1. The van der Waals surface area contributed by atoms with Crippen LogP contribution >= 0.6 is 11.6 Å². The Kier molecular flexibility index (Phi) is 6.18. The molecule has 0 saturated carbocycles. The van der Waals surface area contributed by atoms with Crippen LogP contribution in [-0.4, -0.2) is 29.4 Å². The summed E-state index contributed by atoms with van der Waals surface area (Å²) in [7, 11) is 4.30. The maximum absolute atomic E-state index is 13.3. The molecule has 1 heterocycles. The summed E-state index contributed by atoms with van der Waals surface area (Å²) < 4.78 is 20.5. The second-order valence-electron chi connectivity index (χ2n) is 5.67. The predicted octanol–water partition coefficient (Wildman–Crippen LogP) is 1.40. The molecular formula is C17H18ClFN4O3. The molecule has 0 saturated heterocycles. The fourth-order valence-electron chi connectivity index (χ4n) is 2.62. The maximum atomic E-state index is 13.3. The summed E-state index contributed by atoms with van der Waals surface area (Å²) in [6.45, 7) is 0.740. The van der Waals surface area contributed by atoms with Crippen LogP contribution in [0.1, 0.15) is 11.1 Å². The molecule has 0 spiro atoms. The first kappa shape index (κ1) is 19.7. The number of ether oxygens (including phenoxy) is 1. The minimum absolute atomic E-state index is 0.163. The van der Waals surface area contributed by atoms with E-state index in [1.165, 1.54) is 44.0 Å². The van der Waals surface area contributed by atoms with Crippen LogP contribution in [0.15, 0.2) is 27.8 Å².